The monoisotopic (exact) mass is 457 g/mol. The third kappa shape index (κ3) is 4.30. The van der Waals surface area contributed by atoms with Crippen molar-refractivity contribution in [3.05, 3.63) is 61.6 Å². The van der Waals surface area contributed by atoms with Crippen LogP contribution in [0.3, 0.4) is 0 Å². The molecule has 0 spiro atoms. The lowest BCUT2D eigenvalue weighted by molar-refractivity contribution is 0.102. The molecule has 0 atom stereocenters. The molecular weight excluding hydrogens is 441 g/mol. The molecule has 4 heteroatoms. The average molecular weight is 458 g/mol. The predicted molar refractivity (Wildman–Crippen MR) is 100.0 cm³/mol. The van der Waals surface area contributed by atoms with Crippen LogP contribution in [0.5, 0.6) is 0 Å². The minimum atomic E-state index is -0.0933. The van der Waals surface area contributed by atoms with Gasteiger partial charge >= 0.3 is 0 Å². The van der Waals surface area contributed by atoms with Crippen LogP contribution >= 0.6 is 38.5 Å². The van der Waals surface area contributed by atoms with Gasteiger partial charge in [0.25, 0.3) is 5.91 Å². The summed E-state index contributed by atoms with van der Waals surface area (Å²) in [6, 6.07) is 13.7. The Morgan fingerprint density at radius 3 is 2.29 bits per heavy atom. The quantitative estimate of drug-likeness (QED) is 0.584. The lowest BCUT2D eigenvalue weighted by Crippen LogP contribution is -2.14. The van der Waals surface area contributed by atoms with Crippen molar-refractivity contribution in [2.45, 2.75) is 26.2 Å². The first-order valence-electron chi connectivity index (χ1n) is 6.64. The topological polar surface area (TPSA) is 29.1 Å². The zero-order valence-electron chi connectivity index (χ0n) is 12.2. The first-order chi connectivity index (χ1) is 9.77. The van der Waals surface area contributed by atoms with Crippen LogP contribution in [0.15, 0.2) is 46.9 Å². The van der Waals surface area contributed by atoms with Crippen molar-refractivity contribution in [1.82, 2.24) is 0 Å². The standard InChI is InChI=1S/C17H17BrINO/c1-17(2,3)11-4-7-13(8-5-11)20-16(21)14-10-12(18)6-9-15(14)19/h4-10H,1-3H3,(H,20,21). The third-order valence-electron chi connectivity index (χ3n) is 3.18. The van der Waals surface area contributed by atoms with Gasteiger partial charge in [-0.25, -0.2) is 0 Å². The molecule has 0 unspecified atom stereocenters. The van der Waals surface area contributed by atoms with Gasteiger partial charge in [-0.3, -0.25) is 4.79 Å². The van der Waals surface area contributed by atoms with Crippen LogP contribution < -0.4 is 5.32 Å². The minimum absolute atomic E-state index is 0.0933. The summed E-state index contributed by atoms with van der Waals surface area (Å²) >= 11 is 5.57. The van der Waals surface area contributed by atoms with E-state index in [0.717, 1.165) is 13.7 Å². The number of carbonyl (C=O) groups is 1. The predicted octanol–water partition coefficient (Wildman–Crippen LogP) is 5.60. The number of amides is 1. The number of benzene rings is 2. The van der Waals surface area contributed by atoms with Crippen LogP contribution in [-0.2, 0) is 5.41 Å². The van der Waals surface area contributed by atoms with Gasteiger partial charge in [0, 0.05) is 13.7 Å². The Balaban J connectivity index is 2.18. The Bertz CT molecular complexity index is 659. The summed E-state index contributed by atoms with van der Waals surface area (Å²) < 4.78 is 1.83. The van der Waals surface area contributed by atoms with Crippen molar-refractivity contribution in [3.63, 3.8) is 0 Å². The molecule has 2 aromatic carbocycles. The fraction of sp³-hybridized carbons (Fsp3) is 0.235. The molecule has 0 saturated carbocycles. The van der Waals surface area contributed by atoms with Crippen molar-refractivity contribution in [1.29, 1.82) is 0 Å². The minimum Gasteiger partial charge on any atom is -0.322 e. The third-order valence-corrected chi connectivity index (χ3v) is 4.62. The van der Waals surface area contributed by atoms with Gasteiger partial charge in [-0.1, -0.05) is 48.8 Å². The Morgan fingerprint density at radius 1 is 1.10 bits per heavy atom. The number of hydrogen-bond donors (Lipinski definition) is 1. The maximum absolute atomic E-state index is 12.3. The highest BCUT2D eigenvalue weighted by Crippen LogP contribution is 2.24. The summed E-state index contributed by atoms with van der Waals surface area (Å²) in [5.74, 6) is -0.0933. The maximum Gasteiger partial charge on any atom is 0.256 e. The zero-order valence-corrected chi connectivity index (χ0v) is 15.9. The second-order valence-corrected chi connectivity index (χ2v) is 7.98. The number of nitrogens with one attached hydrogen (secondary N) is 1. The van der Waals surface area contributed by atoms with E-state index < -0.39 is 0 Å². The molecule has 0 fully saturated rings. The van der Waals surface area contributed by atoms with Crippen LogP contribution in [0.1, 0.15) is 36.7 Å². The lowest BCUT2D eigenvalue weighted by Gasteiger charge is -2.19. The number of halogens is 2. The van der Waals surface area contributed by atoms with E-state index in [2.05, 4.69) is 76.7 Å². The molecular formula is C17H17BrINO. The zero-order chi connectivity index (χ0) is 15.6. The van der Waals surface area contributed by atoms with Gasteiger partial charge in [-0.2, -0.15) is 0 Å². The summed E-state index contributed by atoms with van der Waals surface area (Å²) in [6.45, 7) is 6.51. The van der Waals surface area contributed by atoms with E-state index in [4.69, 9.17) is 0 Å². The molecule has 1 amide bonds. The molecule has 0 aliphatic rings. The number of rotatable bonds is 2. The van der Waals surface area contributed by atoms with Gasteiger partial charge in [-0.05, 0) is 63.9 Å². The Labute approximate surface area is 147 Å². The van der Waals surface area contributed by atoms with Gasteiger partial charge in [0.05, 0.1) is 5.56 Å². The summed E-state index contributed by atoms with van der Waals surface area (Å²) in [4.78, 5) is 12.3. The molecule has 1 N–H and O–H groups in total. The summed E-state index contributed by atoms with van der Waals surface area (Å²) in [7, 11) is 0. The van der Waals surface area contributed by atoms with E-state index in [1.165, 1.54) is 5.56 Å². The van der Waals surface area contributed by atoms with Crippen LogP contribution in [0.4, 0.5) is 5.69 Å². The maximum atomic E-state index is 12.3. The molecule has 0 aliphatic heterocycles. The Hall–Kier alpha value is -0.880. The average Bonchev–Trinajstić information content (AvgIpc) is 2.41. The molecule has 0 aliphatic carbocycles. The van der Waals surface area contributed by atoms with Crippen molar-refractivity contribution < 1.29 is 4.79 Å². The number of anilines is 1. The summed E-state index contributed by atoms with van der Waals surface area (Å²) in [5, 5.41) is 2.94. The summed E-state index contributed by atoms with van der Waals surface area (Å²) in [6.07, 6.45) is 0. The smallest absolute Gasteiger partial charge is 0.256 e. The second-order valence-electron chi connectivity index (χ2n) is 5.91. The largest absolute Gasteiger partial charge is 0.322 e. The highest BCUT2D eigenvalue weighted by Gasteiger charge is 2.14. The van der Waals surface area contributed by atoms with E-state index in [9.17, 15) is 4.79 Å². The molecule has 2 nitrogen and oxygen atoms in total. The SMILES string of the molecule is CC(C)(C)c1ccc(NC(=O)c2cc(Br)ccc2I)cc1. The molecule has 2 aromatic rings. The van der Waals surface area contributed by atoms with Gasteiger partial charge in [-0.15, -0.1) is 0 Å². The van der Waals surface area contributed by atoms with E-state index in [-0.39, 0.29) is 11.3 Å². The van der Waals surface area contributed by atoms with E-state index >= 15 is 0 Å². The van der Waals surface area contributed by atoms with Gasteiger partial charge in [0.2, 0.25) is 0 Å². The molecule has 0 aromatic heterocycles. The molecule has 0 bridgehead atoms. The van der Waals surface area contributed by atoms with Crippen LogP contribution in [0, 0.1) is 3.57 Å². The molecule has 0 saturated heterocycles. The van der Waals surface area contributed by atoms with Crippen molar-refractivity contribution >= 4 is 50.1 Å². The molecule has 2 rings (SSSR count). The number of hydrogen-bond acceptors (Lipinski definition) is 1. The number of carbonyl (C=O) groups excluding carboxylic acids is 1. The molecule has 0 heterocycles. The normalized spacial score (nSPS) is 11.3. The fourth-order valence-electron chi connectivity index (χ4n) is 1.92. The second kappa shape index (κ2) is 6.48. The highest BCUT2D eigenvalue weighted by molar-refractivity contribution is 14.1. The summed E-state index contributed by atoms with van der Waals surface area (Å²) in [5.41, 5.74) is 2.84. The van der Waals surface area contributed by atoms with E-state index in [1.54, 1.807) is 0 Å². The first kappa shape index (κ1) is 16.5. The molecule has 21 heavy (non-hydrogen) atoms. The fourth-order valence-corrected chi connectivity index (χ4v) is 2.87. The highest BCUT2D eigenvalue weighted by atomic mass is 127. The van der Waals surface area contributed by atoms with Crippen molar-refractivity contribution in [2.75, 3.05) is 5.32 Å². The molecule has 110 valence electrons. The molecule has 0 radical (unpaired) electrons. The van der Waals surface area contributed by atoms with Crippen LogP contribution in [0.25, 0.3) is 0 Å². The van der Waals surface area contributed by atoms with Gasteiger partial charge < -0.3 is 5.32 Å². The Kier molecular flexibility index (Phi) is 5.09. The lowest BCUT2D eigenvalue weighted by atomic mass is 9.87. The Morgan fingerprint density at radius 2 is 1.71 bits per heavy atom. The van der Waals surface area contributed by atoms with Crippen molar-refractivity contribution in [2.24, 2.45) is 0 Å². The van der Waals surface area contributed by atoms with E-state index in [0.29, 0.717) is 5.56 Å². The van der Waals surface area contributed by atoms with Gasteiger partial charge in [0.15, 0.2) is 0 Å². The van der Waals surface area contributed by atoms with Gasteiger partial charge in [0.1, 0.15) is 0 Å². The first-order valence-corrected chi connectivity index (χ1v) is 8.51. The van der Waals surface area contributed by atoms with Crippen LogP contribution in [0.2, 0.25) is 0 Å². The van der Waals surface area contributed by atoms with E-state index in [1.807, 2.05) is 30.3 Å². The van der Waals surface area contributed by atoms with Crippen LogP contribution in [-0.4, -0.2) is 5.91 Å². The van der Waals surface area contributed by atoms with Crippen molar-refractivity contribution in [3.8, 4) is 0 Å².